The average molecular weight is 793 g/mol. The highest BCUT2D eigenvalue weighted by Gasteiger charge is 2.61. The number of nitrogens with zero attached hydrogens (tertiary/aromatic N) is 1. The molecule has 0 heterocycles. The van der Waals surface area contributed by atoms with Crippen LogP contribution in [0.2, 0.25) is 0 Å². The molecular weight excluding hydrogens is 701 g/mol. The Balaban J connectivity index is 4.99. The predicted octanol–water partition coefficient (Wildman–Crippen LogP) is 11.7. The Morgan fingerprint density at radius 3 is 1.18 bits per heavy atom. The van der Waals surface area contributed by atoms with Crippen molar-refractivity contribution in [3.63, 3.8) is 0 Å². The zero-order valence-electron chi connectivity index (χ0n) is 37.7. The molecule has 8 heteroatoms. The standard InChI is InChI=1S/C48H92N2O6/c1-7-9-11-13-15-17-19-21-23-25-27-29-31-33-35-37-44(53)55-47(5,43-49)48(6,46(3,4)50(39-41-51)40-42-52)56-45(54)38-36-34-32-30-28-26-24-22-20-18-16-14-12-10-8-2/h21-24,51-52H,7-20,25-43,49H2,1-6H3/b23-21-,24-22-. The van der Waals surface area contributed by atoms with Crippen molar-refractivity contribution < 1.29 is 29.3 Å². The van der Waals surface area contributed by atoms with Gasteiger partial charge in [-0.3, -0.25) is 14.5 Å². The number of allylic oxidation sites excluding steroid dienone is 4. The van der Waals surface area contributed by atoms with E-state index in [-0.39, 0.29) is 57.6 Å². The van der Waals surface area contributed by atoms with Crippen LogP contribution in [0.25, 0.3) is 0 Å². The zero-order valence-corrected chi connectivity index (χ0v) is 37.7. The van der Waals surface area contributed by atoms with Crippen molar-refractivity contribution in [3.05, 3.63) is 24.3 Å². The van der Waals surface area contributed by atoms with Crippen molar-refractivity contribution in [2.75, 3.05) is 32.8 Å². The number of hydrogen-bond acceptors (Lipinski definition) is 8. The normalized spacial score (nSPS) is 14.5. The maximum atomic E-state index is 13.5. The molecule has 0 aromatic carbocycles. The number of esters is 2. The van der Waals surface area contributed by atoms with E-state index in [9.17, 15) is 19.8 Å². The first-order valence-corrected chi connectivity index (χ1v) is 23.4. The van der Waals surface area contributed by atoms with Gasteiger partial charge in [-0.2, -0.15) is 0 Å². The molecule has 56 heavy (non-hydrogen) atoms. The van der Waals surface area contributed by atoms with Crippen LogP contribution in [0.15, 0.2) is 24.3 Å². The number of hydrogen-bond donors (Lipinski definition) is 3. The Hall–Kier alpha value is -1.74. The fraction of sp³-hybridized carbons (Fsp3) is 0.875. The minimum atomic E-state index is -1.38. The SMILES string of the molecule is CCCCCCCC/C=C\CCCCCCCC(=O)OC(C)(CN)C(C)(OC(=O)CCCCCCC/C=C\CCCCCCCC)C(C)(C)N(CCO)CCO. The zero-order chi connectivity index (χ0) is 41.8. The molecule has 0 aliphatic rings. The lowest BCUT2D eigenvalue weighted by atomic mass is 9.70. The van der Waals surface area contributed by atoms with Gasteiger partial charge in [0.15, 0.2) is 11.2 Å². The Bertz CT molecular complexity index is 994. The first-order chi connectivity index (χ1) is 27.0. The molecule has 0 saturated carbocycles. The number of carbonyl (C=O) groups excluding carboxylic acids is 2. The van der Waals surface area contributed by atoms with Crippen molar-refractivity contribution in [1.29, 1.82) is 0 Å². The first-order valence-electron chi connectivity index (χ1n) is 23.4. The molecule has 0 aliphatic heterocycles. The summed E-state index contributed by atoms with van der Waals surface area (Å²) in [6, 6.07) is 0. The third-order valence-corrected chi connectivity index (χ3v) is 12.0. The second kappa shape index (κ2) is 35.2. The maximum absolute atomic E-state index is 13.5. The Morgan fingerprint density at radius 1 is 0.518 bits per heavy atom. The third kappa shape index (κ3) is 24.2. The van der Waals surface area contributed by atoms with Gasteiger partial charge >= 0.3 is 11.9 Å². The summed E-state index contributed by atoms with van der Waals surface area (Å²) in [5.41, 5.74) is 2.71. The highest BCUT2D eigenvalue weighted by atomic mass is 16.6. The van der Waals surface area contributed by atoms with Crippen molar-refractivity contribution in [3.8, 4) is 0 Å². The highest BCUT2D eigenvalue weighted by molar-refractivity contribution is 5.71. The number of rotatable bonds is 40. The lowest BCUT2D eigenvalue weighted by Crippen LogP contribution is -2.73. The van der Waals surface area contributed by atoms with E-state index in [1.165, 1.54) is 89.9 Å². The Kier molecular flexibility index (Phi) is 34.1. The number of unbranched alkanes of at least 4 members (excludes halogenated alkanes) is 22. The van der Waals surface area contributed by atoms with Gasteiger partial charge < -0.3 is 25.4 Å². The van der Waals surface area contributed by atoms with Gasteiger partial charge in [0.2, 0.25) is 0 Å². The molecular formula is C48H92N2O6. The molecule has 8 nitrogen and oxygen atoms in total. The second-order valence-corrected chi connectivity index (χ2v) is 17.1. The van der Waals surface area contributed by atoms with Crippen molar-refractivity contribution >= 4 is 11.9 Å². The summed E-state index contributed by atoms with van der Waals surface area (Å²) in [7, 11) is 0. The van der Waals surface area contributed by atoms with Crippen LogP contribution in [0, 0.1) is 0 Å². The Morgan fingerprint density at radius 2 is 0.839 bits per heavy atom. The molecule has 0 radical (unpaired) electrons. The summed E-state index contributed by atoms with van der Waals surface area (Å²) in [5, 5.41) is 19.8. The molecule has 4 N–H and O–H groups in total. The van der Waals surface area contributed by atoms with E-state index in [4.69, 9.17) is 15.2 Å². The minimum Gasteiger partial charge on any atom is -0.454 e. The topological polar surface area (TPSA) is 122 Å². The molecule has 0 amide bonds. The fourth-order valence-corrected chi connectivity index (χ4v) is 7.69. The number of aliphatic hydroxyl groups excluding tert-OH is 2. The van der Waals surface area contributed by atoms with E-state index in [0.717, 1.165) is 77.0 Å². The van der Waals surface area contributed by atoms with E-state index in [1.54, 1.807) is 13.8 Å². The van der Waals surface area contributed by atoms with Crippen molar-refractivity contribution in [2.45, 2.75) is 238 Å². The lowest BCUT2D eigenvalue weighted by molar-refractivity contribution is -0.235. The van der Waals surface area contributed by atoms with E-state index in [1.807, 2.05) is 18.7 Å². The van der Waals surface area contributed by atoms with Gasteiger partial charge in [-0.05, 0) is 91.9 Å². The smallest absolute Gasteiger partial charge is 0.306 e. The van der Waals surface area contributed by atoms with E-state index in [0.29, 0.717) is 0 Å². The van der Waals surface area contributed by atoms with Crippen LogP contribution in [-0.4, -0.2) is 76.6 Å². The van der Waals surface area contributed by atoms with Crippen LogP contribution in [0.3, 0.4) is 0 Å². The average Bonchev–Trinajstić information content (AvgIpc) is 3.17. The molecule has 0 rings (SSSR count). The summed E-state index contributed by atoms with van der Waals surface area (Å²) >= 11 is 0. The summed E-state index contributed by atoms with van der Waals surface area (Å²) in [5.74, 6) is -0.721. The number of aliphatic hydroxyl groups is 2. The number of β-amino-alcohol motifs (C(OH)–C–C–N with tert-alkyl or cyclic N) is 2. The molecule has 2 unspecified atom stereocenters. The number of nitrogens with two attached hydrogens (primary N) is 1. The molecule has 0 aliphatic carbocycles. The first kappa shape index (κ1) is 54.3. The number of ether oxygens (including phenoxy) is 2. The van der Waals surface area contributed by atoms with Crippen LogP contribution < -0.4 is 5.73 Å². The van der Waals surface area contributed by atoms with Gasteiger partial charge in [-0.1, -0.05) is 141 Å². The molecule has 0 spiro atoms. The number of carbonyl (C=O) groups is 2. The largest absolute Gasteiger partial charge is 0.454 e. The molecule has 330 valence electrons. The molecule has 2 atom stereocenters. The third-order valence-electron chi connectivity index (χ3n) is 12.0. The quantitative estimate of drug-likeness (QED) is 0.0318. The predicted molar refractivity (Wildman–Crippen MR) is 237 cm³/mol. The van der Waals surface area contributed by atoms with Gasteiger partial charge in [0.25, 0.3) is 0 Å². The Labute approximate surface area is 346 Å². The molecule has 0 saturated heterocycles. The van der Waals surface area contributed by atoms with Crippen LogP contribution >= 0.6 is 0 Å². The monoisotopic (exact) mass is 793 g/mol. The summed E-state index contributed by atoms with van der Waals surface area (Å²) in [4.78, 5) is 28.7. The van der Waals surface area contributed by atoms with Gasteiger partial charge in [0.1, 0.15) is 0 Å². The fourth-order valence-electron chi connectivity index (χ4n) is 7.69. The second-order valence-electron chi connectivity index (χ2n) is 17.1. The molecule has 0 aromatic heterocycles. The van der Waals surface area contributed by atoms with Gasteiger partial charge in [-0.25, -0.2) is 0 Å². The highest BCUT2D eigenvalue weighted by Crippen LogP contribution is 2.42. The summed E-state index contributed by atoms with van der Waals surface area (Å²) in [6.45, 7) is 12.0. The van der Waals surface area contributed by atoms with Crippen LogP contribution in [-0.2, 0) is 19.1 Å². The molecule has 0 aromatic rings. The minimum absolute atomic E-state index is 0.0577. The maximum Gasteiger partial charge on any atom is 0.306 e. The van der Waals surface area contributed by atoms with Crippen molar-refractivity contribution in [1.82, 2.24) is 4.90 Å². The molecule has 0 bridgehead atoms. The van der Waals surface area contributed by atoms with E-state index >= 15 is 0 Å². The lowest BCUT2D eigenvalue weighted by Gasteiger charge is -2.56. The van der Waals surface area contributed by atoms with Crippen molar-refractivity contribution in [2.24, 2.45) is 5.73 Å². The summed E-state index contributed by atoms with van der Waals surface area (Å²) < 4.78 is 12.6. The van der Waals surface area contributed by atoms with E-state index in [2.05, 4.69) is 38.2 Å². The van der Waals surface area contributed by atoms with Gasteiger partial charge in [-0.15, -0.1) is 0 Å². The molecule has 0 fully saturated rings. The van der Waals surface area contributed by atoms with Gasteiger partial charge in [0.05, 0.1) is 18.8 Å². The van der Waals surface area contributed by atoms with Crippen LogP contribution in [0.1, 0.15) is 221 Å². The van der Waals surface area contributed by atoms with Gasteiger partial charge in [0, 0.05) is 32.5 Å². The van der Waals surface area contributed by atoms with Crippen LogP contribution in [0.4, 0.5) is 0 Å². The van der Waals surface area contributed by atoms with E-state index < -0.39 is 16.7 Å². The van der Waals surface area contributed by atoms with Crippen LogP contribution in [0.5, 0.6) is 0 Å². The summed E-state index contributed by atoms with van der Waals surface area (Å²) in [6.07, 6.45) is 40.5.